The van der Waals surface area contributed by atoms with Crippen LogP contribution in [0, 0.1) is 5.82 Å². The largest absolute Gasteiger partial charge is 0.433 e. The lowest BCUT2D eigenvalue weighted by Crippen LogP contribution is -2.29. The predicted octanol–water partition coefficient (Wildman–Crippen LogP) is 6.25. The molecule has 4 rings (SSSR count). The molecule has 0 unspecified atom stereocenters. The first-order chi connectivity index (χ1) is 15.0. The smallest absolute Gasteiger partial charge is 0.389 e. The standard InChI is InChI=1S/C21H17ClF4N4OS/c1-20(2,31)10-30-18(21(24,25)26)12(9-29-30)17-16(19-27-6-7-32-19)11(8-28-17)15-13(22)4-3-5-14(15)23/h3-9,28,31H,10H2,1-2H3. The third kappa shape index (κ3) is 4.17. The average Bonchev–Trinajstić information content (AvgIpc) is 3.37. The molecule has 2 N–H and O–H groups in total. The molecule has 11 heteroatoms. The number of H-pyrrole nitrogens is 1. The van der Waals surface area contributed by atoms with Gasteiger partial charge in [-0.05, 0) is 26.0 Å². The molecule has 4 aromatic rings. The number of nitrogens with one attached hydrogen (secondary N) is 1. The number of halogens is 5. The van der Waals surface area contributed by atoms with Crippen LogP contribution in [0.25, 0.3) is 33.0 Å². The summed E-state index contributed by atoms with van der Waals surface area (Å²) in [4.78, 5) is 7.08. The van der Waals surface area contributed by atoms with Crippen LogP contribution in [0.2, 0.25) is 5.02 Å². The van der Waals surface area contributed by atoms with Crippen molar-refractivity contribution in [3.8, 4) is 33.0 Å². The highest BCUT2D eigenvalue weighted by Gasteiger charge is 2.40. The minimum atomic E-state index is -4.77. The SMILES string of the molecule is CC(C)(O)Cn1ncc(-c2[nH]cc(-c3c(F)cccc3Cl)c2-c2nccs2)c1C(F)(F)F. The fourth-order valence-corrected chi connectivity index (χ4v) is 4.48. The lowest BCUT2D eigenvalue weighted by molar-refractivity contribution is -0.144. The Balaban J connectivity index is 2.00. The second-order valence-electron chi connectivity index (χ2n) is 7.76. The fourth-order valence-electron chi connectivity index (χ4n) is 3.51. The summed E-state index contributed by atoms with van der Waals surface area (Å²) in [5, 5.41) is 16.1. The molecule has 168 valence electrons. The third-order valence-electron chi connectivity index (χ3n) is 4.67. The number of alkyl halides is 3. The zero-order valence-electron chi connectivity index (χ0n) is 16.8. The van der Waals surface area contributed by atoms with E-state index in [1.165, 1.54) is 55.8 Å². The summed E-state index contributed by atoms with van der Waals surface area (Å²) < 4.78 is 57.7. The number of thiazole rings is 1. The van der Waals surface area contributed by atoms with Crippen LogP contribution in [0.1, 0.15) is 19.5 Å². The highest BCUT2D eigenvalue weighted by Crippen LogP contribution is 2.46. The van der Waals surface area contributed by atoms with E-state index in [2.05, 4.69) is 15.1 Å². The molecule has 0 bridgehead atoms. The van der Waals surface area contributed by atoms with Gasteiger partial charge in [-0.3, -0.25) is 4.68 Å². The number of nitrogens with zero attached hydrogens (tertiary/aromatic N) is 3. The minimum Gasteiger partial charge on any atom is -0.389 e. The number of aliphatic hydroxyl groups is 1. The number of aromatic nitrogens is 4. The molecule has 0 aliphatic carbocycles. The van der Waals surface area contributed by atoms with E-state index in [4.69, 9.17) is 11.6 Å². The molecule has 0 fully saturated rings. The van der Waals surface area contributed by atoms with Crippen LogP contribution < -0.4 is 0 Å². The van der Waals surface area contributed by atoms with Gasteiger partial charge in [0, 0.05) is 40.0 Å². The van der Waals surface area contributed by atoms with Crippen LogP contribution in [-0.2, 0) is 12.7 Å². The van der Waals surface area contributed by atoms with Gasteiger partial charge in [-0.2, -0.15) is 18.3 Å². The van der Waals surface area contributed by atoms with E-state index >= 15 is 0 Å². The number of aromatic amines is 1. The zero-order valence-corrected chi connectivity index (χ0v) is 18.4. The van der Waals surface area contributed by atoms with Gasteiger partial charge in [-0.15, -0.1) is 11.3 Å². The molecule has 32 heavy (non-hydrogen) atoms. The topological polar surface area (TPSA) is 66.7 Å². The number of rotatable bonds is 5. The molecule has 0 spiro atoms. The highest BCUT2D eigenvalue weighted by molar-refractivity contribution is 7.13. The Kier molecular flexibility index (Phi) is 5.64. The van der Waals surface area contributed by atoms with Crippen molar-refractivity contribution >= 4 is 22.9 Å². The first kappa shape index (κ1) is 22.5. The Labute approximate surface area is 189 Å². The minimum absolute atomic E-state index is 0.0549. The van der Waals surface area contributed by atoms with E-state index in [1.54, 1.807) is 5.38 Å². The summed E-state index contributed by atoms with van der Waals surface area (Å²) >= 11 is 7.43. The molecule has 0 saturated heterocycles. The summed E-state index contributed by atoms with van der Waals surface area (Å²) in [6, 6.07) is 4.17. The van der Waals surface area contributed by atoms with Crippen LogP contribution in [0.15, 0.2) is 42.2 Å². The number of hydrogen-bond donors (Lipinski definition) is 2. The highest BCUT2D eigenvalue weighted by atomic mass is 35.5. The van der Waals surface area contributed by atoms with Gasteiger partial charge in [0.25, 0.3) is 0 Å². The molecule has 3 aromatic heterocycles. The van der Waals surface area contributed by atoms with Gasteiger partial charge in [-0.25, -0.2) is 9.37 Å². The van der Waals surface area contributed by atoms with Crippen molar-refractivity contribution in [1.29, 1.82) is 0 Å². The summed E-state index contributed by atoms with van der Waals surface area (Å²) in [5.41, 5.74) is -2.02. The summed E-state index contributed by atoms with van der Waals surface area (Å²) in [7, 11) is 0. The van der Waals surface area contributed by atoms with Gasteiger partial charge >= 0.3 is 6.18 Å². The van der Waals surface area contributed by atoms with Crippen LogP contribution in [0.3, 0.4) is 0 Å². The van der Waals surface area contributed by atoms with E-state index in [0.717, 1.165) is 10.9 Å². The van der Waals surface area contributed by atoms with Gasteiger partial charge in [0.2, 0.25) is 0 Å². The van der Waals surface area contributed by atoms with Gasteiger partial charge in [0.15, 0.2) is 5.69 Å². The van der Waals surface area contributed by atoms with Crippen molar-refractivity contribution < 1.29 is 22.7 Å². The molecule has 0 aliphatic rings. The van der Waals surface area contributed by atoms with Crippen LogP contribution in [0.4, 0.5) is 17.6 Å². The Morgan fingerprint density at radius 2 is 1.94 bits per heavy atom. The molecule has 0 amide bonds. The zero-order chi connectivity index (χ0) is 23.3. The van der Waals surface area contributed by atoms with Gasteiger partial charge in [0.1, 0.15) is 10.8 Å². The maximum Gasteiger partial charge on any atom is 0.433 e. The Morgan fingerprint density at radius 3 is 2.53 bits per heavy atom. The first-order valence-corrected chi connectivity index (χ1v) is 10.6. The van der Waals surface area contributed by atoms with Crippen molar-refractivity contribution in [2.75, 3.05) is 0 Å². The maximum atomic E-state index is 14.7. The van der Waals surface area contributed by atoms with Crippen molar-refractivity contribution in [3.63, 3.8) is 0 Å². The summed E-state index contributed by atoms with van der Waals surface area (Å²) in [6.07, 6.45) is -0.780. The van der Waals surface area contributed by atoms with Gasteiger partial charge < -0.3 is 10.1 Å². The Morgan fingerprint density at radius 1 is 1.19 bits per heavy atom. The quantitative estimate of drug-likeness (QED) is 0.329. The normalized spacial score (nSPS) is 12.5. The van der Waals surface area contributed by atoms with E-state index in [-0.39, 0.29) is 39.5 Å². The molecule has 3 heterocycles. The Bertz CT molecular complexity index is 1240. The third-order valence-corrected chi connectivity index (χ3v) is 5.78. The second-order valence-corrected chi connectivity index (χ2v) is 9.06. The first-order valence-electron chi connectivity index (χ1n) is 9.39. The fraction of sp³-hybridized carbons (Fsp3) is 0.238. The van der Waals surface area contributed by atoms with Crippen LogP contribution in [-0.4, -0.2) is 30.5 Å². The molecule has 0 atom stereocenters. The van der Waals surface area contributed by atoms with E-state index in [9.17, 15) is 22.7 Å². The monoisotopic (exact) mass is 484 g/mol. The number of benzene rings is 1. The van der Waals surface area contributed by atoms with Crippen molar-refractivity contribution in [2.45, 2.75) is 32.2 Å². The molecular formula is C21H17ClF4N4OS. The van der Waals surface area contributed by atoms with Crippen LogP contribution >= 0.6 is 22.9 Å². The summed E-state index contributed by atoms with van der Waals surface area (Å²) in [6.45, 7) is 2.41. The second kappa shape index (κ2) is 8.02. The van der Waals surface area contributed by atoms with Crippen molar-refractivity contribution in [2.24, 2.45) is 0 Å². The molecule has 0 radical (unpaired) electrons. The Hall–Kier alpha value is -2.69. The van der Waals surface area contributed by atoms with Crippen molar-refractivity contribution in [1.82, 2.24) is 19.7 Å². The van der Waals surface area contributed by atoms with E-state index < -0.39 is 23.3 Å². The average molecular weight is 485 g/mol. The lowest BCUT2D eigenvalue weighted by Gasteiger charge is -2.20. The maximum absolute atomic E-state index is 14.7. The molecule has 5 nitrogen and oxygen atoms in total. The summed E-state index contributed by atoms with van der Waals surface area (Å²) in [5.74, 6) is -0.616. The van der Waals surface area contributed by atoms with Crippen molar-refractivity contribution in [3.05, 3.63) is 58.7 Å². The number of hydrogen-bond acceptors (Lipinski definition) is 4. The molecular weight excluding hydrogens is 468 g/mol. The molecule has 0 aliphatic heterocycles. The van der Waals surface area contributed by atoms with Crippen LogP contribution in [0.5, 0.6) is 0 Å². The van der Waals surface area contributed by atoms with E-state index in [0.29, 0.717) is 5.01 Å². The lowest BCUT2D eigenvalue weighted by atomic mass is 9.99. The molecule has 0 saturated carbocycles. The van der Waals surface area contributed by atoms with Gasteiger partial charge in [0.05, 0.1) is 29.1 Å². The molecule has 1 aromatic carbocycles. The van der Waals surface area contributed by atoms with Gasteiger partial charge in [-0.1, -0.05) is 17.7 Å². The van der Waals surface area contributed by atoms with E-state index in [1.807, 2.05) is 0 Å². The predicted molar refractivity (Wildman–Crippen MR) is 115 cm³/mol.